The predicted octanol–water partition coefficient (Wildman–Crippen LogP) is 2.83. The molecule has 1 aromatic carbocycles. The van der Waals surface area contributed by atoms with Crippen molar-refractivity contribution in [3.63, 3.8) is 0 Å². The van der Waals surface area contributed by atoms with Gasteiger partial charge in [-0.25, -0.2) is 4.98 Å². The van der Waals surface area contributed by atoms with Gasteiger partial charge in [-0.3, -0.25) is 4.79 Å². The first-order chi connectivity index (χ1) is 9.20. The van der Waals surface area contributed by atoms with Crippen LogP contribution in [0.4, 0.5) is 5.82 Å². The molecule has 19 heavy (non-hydrogen) atoms. The smallest absolute Gasteiger partial charge is 0.239 e. The van der Waals surface area contributed by atoms with E-state index >= 15 is 0 Å². The zero-order valence-corrected chi connectivity index (χ0v) is 11.5. The van der Waals surface area contributed by atoms with Crippen LogP contribution in [0, 0.1) is 0 Å². The Morgan fingerprint density at radius 3 is 2.95 bits per heavy atom. The molecule has 0 spiro atoms. The summed E-state index contributed by atoms with van der Waals surface area (Å²) in [6.45, 7) is 2.90. The van der Waals surface area contributed by atoms with Crippen LogP contribution in [0.5, 0.6) is 0 Å². The van der Waals surface area contributed by atoms with Gasteiger partial charge in [0.25, 0.3) is 0 Å². The molecule has 0 radical (unpaired) electrons. The first-order valence-electron chi connectivity index (χ1n) is 6.26. The van der Waals surface area contributed by atoms with Crippen molar-refractivity contribution in [3.05, 3.63) is 35.5 Å². The average molecular weight is 278 g/mol. The maximum atomic E-state index is 11.5. The fourth-order valence-electron chi connectivity index (χ4n) is 1.74. The molecule has 1 heterocycles. The molecule has 2 aromatic rings. The average Bonchev–Trinajstić information content (AvgIpc) is 2.43. The summed E-state index contributed by atoms with van der Waals surface area (Å²) < 4.78 is 0. The number of anilines is 1. The monoisotopic (exact) mass is 277 g/mol. The number of nitrogens with zero attached hydrogens (tertiary/aromatic N) is 1. The minimum atomic E-state index is -0.0482. The van der Waals surface area contributed by atoms with Crippen LogP contribution in [-0.4, -0.2) is 24.0 Å². The summed E-state index contributed by atoms with van der Waals surface area (Å²) in [4.78, 5) is 15.7. The van der Waals surface area contributed by atoms with Crippen LogP contribution in [0.3, 0.4) is 0 Å². The lowest BCUT2D eigenvalue weighted by Gasteiger charge is -2.08. The van der Waals surface area contributed by atoms with Gasteiger partial charge in [-0.05, 0) is 17.9 Å². The summed E-state index contributed by atoms with van der Waals surface area (Å²) in [5.74, 6) is 0.559. The van der Waals surface area contributed by atoms with E-state index in [0.29, 0.717) is 17.5 Å². The molecule has 2 N–H and O–H groups in total. The van der Waals surface area contributed by atoms with Gasteiger partial charge in [0.1, 0.15) is 11.0 Å². The lowest BCUT2D eigenvalue weighted by Crippen LogP contribution is -2.30. The van der Waals surface area contributed by atoms with Crippen molar-refractivity contribution in [2.45, 2.75) is 13.3 Å². The largest absolute Gasteiger partial charge is 0.361 e. The van der Waals surface area contributed by atoms with Gasteiger partial charge in [0.15, 0.2) is 0 Å². The molecular weight excluding hydrogens is 262 g/mol. The van der Waals surface area contributed by atoms with Gasteiger partial charge in [-0.15, -0.1) is 0 Å². The number of amides is 1. The lowest BCUT2D eigenvalue weighted by molar-refractivity contribution is -0.119. The molecule has 0 saturated heterocycles. The Balaban J connectivity index is 2.07. The van der Waals surface area contributed by atoms with Crippen molar-refractivity contribution in [3.8, 4) is 0 Å². The normalized spacial score (nSPS) is 10.4. The third-order valence-corrected chi connectivity index (χ3v) is 2.98. The summed E-state index contributed by atoms with van der Waals surface area (Å²) in [6, 6.07) is 9.62. The van der Waals surface area contributed by atoms with Gasteiger partial charge in [-0.1, -0.05) is 42.8 Å². The van der Waals surface area contributed by atoms with E-state index in [4.69, 9.17) is 11.6 Å². The van der Waals surface area contributed by atoms with Gasteiger partial charge >= 0.3 is 0 Å². The SMILES string of the molecule is CCCNC(=O)CNc1cc2ccccc2c(Cl)n1. The molecule has 0 aliphatic rings. The molecule has 0 aliphatic heterocycles. The topological polar surface area (TPSA) is 54.0 Å². The Kier molecular flexibility index (Phi) is 4.58. The molecule has 0 saturated carbocycles. The van der Waals surface area contributed by atoms with E-state index in [1.165, 1.54) is 0 Å². The Bertz CT molecular complexity index is 586. The van der Waals surface area contributed by atoms with Gasteiger partial charge in [0.2, 0.25) is 5.91 Å². The number of halogens is 1. The van der Waals surface area contributed by atoms with E-state index in [0.717, 1.165) is 17.2 Å². The maximum absolute atomic E-state index is 11.5. The number of hydrogen-bond acceptors (Lipinski definition) is 3. The molecule has 0 atom stereocenters. The van der Waals surface area contributed by atoms with E-state index in [2.05, 4.69) is 15.6 Å². The number of nitrogens with one attached hydrogen (secondary N) is 2. The summed E-state index contributed by atoms with van der Waals surface area (Å²) in [7, 11) is 0. The van der Waals surface area contributed by atoms with Crippen LogP contribution < -0.4 is 10.6 Å². The molecule has 0 bridgehead atoms. The zero-order chi connectivity index (χ0) is 13.7. The summed E-state index contributed by atoms with van der Waals surface area (Å²) in [5, 5.41) is 8.12. The van der Waals surface area contributed by atoms with Crippen LogP contribution in [0.2, 0.25) is 5.15 Å². The fourth-order valence-corrected chi connectivity index (χ4v) is 2.01. The van der Waals surface area contributed by atoms with Crippen molar-refractivity contribution in [1.82, 2.24) is 10.3 Å². The molecule has 5 heteroatoms. The lowest BCUT2D eigenvalue weighted by atomic mass is 10.2. The highest BCUT2D eigenvalue weighted by atomic mass is 35.5. The van der Waals surface area contributed by atoms with E-state index in [1.807, 2.05) is 37.3 Å². The van der Waals surface area contributed by atoms with Gasteiger partial charge in [0.05, 0.1) is 6.54 Å². The number of carbonyl (C=O) groups excluding carboxylic acids is 1. The van der Waals surface area contributed by atoms with Gasteiger partial charge in [-0.2, -0.15) is 0 Å². The zero-order valence-electron chi connectivity index (χ0n) is 10.7. The Labute approximate surface area is 117 Å². The van der Waals surface area contributed by atoms with Crippen molar-refractivity contribution in [2.24, 2.45) is 0 Å². The molecule has 0 aliphatic carbocycles. The summed E-state index contributed by atoms with van der Waals surface area (Å²) in [5.41, 5.74) is 0. The second-order valence-electron chi connectivity index (χ2n) is 4.22. The van der Waals surface area contributed by atoms with Crippen LogP contribution in [-0.2, 0) is 4.79 Å². The number of rotatable bonds is 5. The second-order valence-corrected chi connectivity index (χ2v) is 4.58. The van der Waals surface area contributed by atoms with Crippen molar-refractivity contribution < 1.29 is 4.79 Å². The van der Waals surface area contributed by atoms with E-state index in [9.17, 15) is 4.79 Å². The first kappa shape index (κ1) is 13.6. The Morgan fingerprint density at radius 1 is 1.37 bits per heavy atom. The van der Waals surface area contributed by atoms with Gasteiger partial charge in [0, 0.05) is 11.9 Å². The molecule has 100 valence electrons. The first-order valence-corrected chi connectivity index (χ1v) is 6.64. The van der Waals surface area contributed by atoms with Crippen molar-refractivity contribution >= 4 is 34.1 Å². The molecule has 0 unspecified atom stereocenters. The molecule has 0 fully saturated rings. The number of benzene rings is 1. The molecule has 4 nitrogen and oxygen atoms in total. The number of aromatic nitrogens is 1. The third kappa shape index (κ3) is 3.58. The molecule has 1 aromatic heterocycles. The highest BCUT2D eigenvalue weighted by Gasteiger charge is 2.05. The van der Waals surface area contributed by atoms with Crippen LogP contribution in [0.15, 0.2) is 30.3 Å². The quantitative estimate of drug-likeness (QED) is 0.827. The number of hydrogen-bond donors (Lipinski definition) is 2. The van der Waals surface area contributed by atoms with Crippen LogP contribution >= 0.6 is 11.6 Å². The maximum Gasteiger partial charge on any atom is 0.239 e. The minimum Gasteiger partial charge on any atom is -0.361 e. The second kappa shape index (κ2) is 6.38. The Morgan fingerprint density at radius 2 is 2.16 bits per heavy atom. The highest BCUT2D eigenvalue weighted by Crippen LogP contribution is 2.24. The number of carbonyl (C=O) groups is 1. The minimum absolute atomic E-state index is 0.0482. The number of fused-ring (bicyclic) bond motifs is 1. The van der Waals surface area contributed by atoms with Crippen molar-refractivity contribution in [2.75, 3.05) is 18.4 Å². The molecule has 1 amide bonds. The summed E-state index contributed by atoms with van der Waals surface area (Å²) in [6.07, 6.45) is 0.922. The highest BCUT2D eigenvalue weighted by molar-refractivity contribution is 6.34. The summed E-state index contributed by atoms with van der Waals surface area (Å²) >= 11 is 6.11. The molecular formula is C14H16ClN3O. The Hall–Kier alpha value is -1.81. The number of pyridine rings is 1. The molecule has 2 rings (SSSR count). The third-order valence-electron chi connectivity index (χ3n) is 2.70. The standard InChI is InChI=1S/C14H16ClN3O/c1-2-7-16-13(19)9-17-12-8-10-5-3-4-6-11(10)14(15)18-12/h3-6,8H,2,7,9H2,1H3,(H,16,19)(H,17,18). The van der Waals surface area contributed by atoms with Crippen LogP contribution in [0.25, 0.3) is 10.8 Å². The van der Waals surface area contributed by atoms with E-state index < -0.39 is 0 Å². The van der Waals surface area contributed by atoms with E-state index in [1.54, 1.807) is 0 Å². The van der Waals surface area contributed by atoms with E-state index in [-0.39, 0.29) is 12.5 Å². The van der Waals surface area contributed by atoms with Crippen LogP contribution in [0.1, 0.15) is 13.3 Å². The fraction of sp³-hybridized carbons (Fsp3) is 0.286. The predicted molar refractivity (Wildman–Crippen MR) is 78.5 cm³/mol. The van der Waals surface area contributed by atoms with Crippen molar-refractivity contribution in [1.29, 1.82) is 0 Å². The van der Waals surface area contributed by atoms with Gasteiger partial charge < -0.3 is 10.6 Å².